The van der Waals surface area contributed by atoms with Gasteiger partial charge in [0.2, 0.25) is 0 Å². The number of aromatic nitrogens is 4. The summed E-state index contributed by atoms with van der Waals surface area (Å²) in [6.45, 7) is 17.6. The summed E-state index contributed by atoms with van der Waals surface area (Å²) in [5.74, 6) is 2.79. The predicted molar refractivity (Wildman–Crippen MR) is 199 cm³/mol. The third-order valence-corrected chi connectivity index (χ3v) is 9.49. The standard InChI is InChI=1S/C43H44N4O/c1-9-37-43(42-29(7)19-28(6)20-30(42)8)38(10-2)47(45-37)32-22-31(26(3)4)23-34(24-32)48-33-15-16-36-35-13-11-12-14-39(35)46(40(36)25-33)41-21-27(5)17-18-44-41/h11-26H,9-10H2,1-8H3. The van der Waals surface area contributed by atoms with Gasteiger partial charge in [-0.15, -0.1) is 0 Å². The van der Waals surface area contributed by atoms with Crippen molar-refractivity contribution in [3.8, 4) is 34.1 Å². The maximum atomic E-state index is 6.75. The molecule has 0 unspecified atom stereocenters. The number of benzene rings is 4. The van der Waals surface area contributed by atoms with Gasteiger partial charge in [0.25, 0.3) is 0 Å². The number of para-hydroxylation sites is 1. The molecule has 3 heterocycles. The van der Waals surface area contributed by atoms with Gasteiger partial charge in [0.05, 0.1) is 28.1 Å². The van der Waals surface area contributed by atoms with Crippen molar-refractivity contribution in [2.45, 2.75) is 74.1 Å². The summed E-state index contributed by atoms with van der Waals surface area (Å²) in [6, 6.07) is 30.2. The van der Waals surface area contributed by atoms with Crippen LogP contribution in [0.1, 0.15) is 72.8 Å². The van der Waals surface area contributed by atoms with Gasteiger partial charge in [0.15, 0.2) is 0 Å². The Morgan fingerprint density at radius 1 is 0.688 bits per heavy atom. The Kier molecular flexibility index (Phi) is 8.16. The Morgan fingerprint density at radius 2 is 1.44 bits per heavy atom. The molecule has 48 heavy (non-hydrogen) atoms. The summed E-state index contributed by atoms with van der Waals surface area (Å²) < 4.78 is 11.1. The van der Waals surface area contributed by atoms with Gasteiger partial charge in [-0.25, -0.2) is 9.67 Å². The molecule has 0 N–H and O–H groups in total. The third kappa shape index (κ3) is 5.47. The summed E-state index contributed by atoms with van der Waals surface area (Å²) in [7, 11) is 0. The summed E-state index contributed by atoms with van der Waals surface area (Å²) in [4.78, 5) is 4.75. The first-order chi connectivity index (χ1) is 23.2. The van der Waals surface area contributed by atoms with Crippen molar-refractivity contribution in [1.29, 1.82) is 0 Å². The fourth-order valence-corrected chi connectivity index (χ4v) is 7.31. The second-order valence-electron chi connectivity index (χ2n) is 13.4. The molecule has 0 atom stereocenters. The van der Waals surface area contributed by atoms with Crippen LogP contribution in [0.3, 0.4) is 0 Å². The molecule has 0 spiro atoms. The van der Waals surface area contributed by atoms with Crippen LogP contribution in [-0.2, 0) is 12.8 Å². The highest BCUT2D eigenvalue weighted by molar-refractivity contribution is 6.09. The van der Waals surface area contributed by atoms with Gasteiger partial charge in [-0.3, -0.25) is 4.57 Å². The van der Waals surface area contributed by atoms with E-state index in [2.05, 4.69) is 144 Å². The van der Waals surface area contributed by atoms with Crippen LogP contribution in [0.4, 0.5) is 0 Å². The number of nitrogens with zero attached hydrogens (tertiary/aromatic N) is 4. The van der Waals surface area contributed by atoms with Crippen LogP contribution in [-0.4, -0.2) is 19.3 Å². The second-order valence-corrected chi connectivity index (χ2v) is 13.4. The zero-order valence-corrected chi connectivity index (χ0v) is 29.3. The van der Waals surface area contributed by atoms with Crippen LogP contribution < -0.4 is 4.74 Å². The van der Waals surface area contributed by atoms with E-state index < -0.39 is 0 Å². The van der Waals surface area contributed by atoms with E-state index in [1.165, 1.54) is 55.4 Å². The summed E-state index contributed by atoms with van der Waals surface area (Å²) in [5, 5.41) is 7.63. The van der Waals surface area contributed by atoms with Crippen molar-refractivity contribution in [3.05, 3.63) is 130 Å². The number of fused-ring (bicyclic) bond motifs is 3. The lowest BCUT2D eigenvalue weighted by Gasteiger charge is -2.16. The largest absolute Gasteiger partial charge is 0.457 e. The van der Waals surface area contributed by atoms with E-state index >= 15 is 0 Å². The molecule has 0 aliphatic heterocycles. The molecule has 0 aliphatic rings. The highest BCUT2D eigenvalue weighted by atomic mass is 16.5. The van der Waals surface area contributed by atoms with Crippen molar-refractivity contribution < 1.29 is 4.74 Å². The SMILES string of the molecule is CCc1nn(-c2cc(Oc3ccc4c5ccccc5n(-c5cc(C)ccn5)c4c3)cc(C(C)C)c2)c(CC)c1-c1c(C)cc(C)cc1C. The van der Waals surface area contributed by atoms with E-state index in [9.17, 15) is 0 Å². The summed E-state index contributed by atoms with van der Waals surface area (Å²) in [6.07, 6.45) is 3.60. The Labute approximate surface area is 283 Å². The maximum Gasteiger partial charge on any atom is 0.137 e. The number of hydrogen-bond donors (Lipinski definition) is 0. The van der Waals surface area contributed by atoms with E-state index in [0.29, 0.717) is 5.92 Å². The normalized spacial score (nSPS) is 11.7. The van der Waals surface area contributed by atoms with Gasteiger partial charge in [-0.2, -0.15) is 5.10 Å². The quantitative estimate of drug-likeness (QED) is 0.167. The molecule has 7 rings (SSSR count). The van der Waals surface area contributed by atoms with Gasteiger partial charge in [-0.1, -0.05) is 63.6 Å². The molecule has 4 aromatic carbocycles. The van der Waals surface area contributed by atoms with Crippen molar-refractivity contribution in [2.24, 2.45) is 0 Å². The average molecular weight is 633 g/mol. The number of rotatable bonds is 8. The van der Waals surface area contributed by atoms with Crippen LogP contribution in [0.5, 0.6) is 11.5 Å². The fraction of sp³-hybridized carbons (Fsp3) is 0.256. The van der Waals surface area contributed by atoms with Crippen LogP contribution >= 0.6 is 0 Å². The van der Waals surface area contributed by atoms with Gasteiger partial charge >= 0.3 is 0 Å². The minimum absolute atomic E-state index is 0.317. The molecular formula is C43H44N4O. The van der Waals surface area contributed by atoms with Crippen molar-refractivity contribution in [3.63, 3.8) is 0 Å². The highest BCUT2D eigenvalue weighted by Crippen LogP contribution is 2.39. The Hall–Kier alpha value is -5.16. The molecule has 0 aliphatic carbocycles. The van der Waals surface area contributed by atoms with Gasteiger partial charge in [0.1, 0.15) is 17.3 Å². The van der Waals surface area contributed by atoms with Gasteiger partial charge in [0, 0.05) is 34.7 Å². The molecule has 0 saturated heterocycles. The zero-order chi connectivity index (χ0) is 33.7. The van der Waals surface area contributed by atoms with E-state index in [0.717, 1.165) is 52.6 Å². The number of ether oxygens (including phenoxy) is 1. The first-order valence-electron chi connectivity index (χ1n) is 17.1. The van der Waals surface area contributed by atoms with Crippen LogP contribution in [0.2, 0.25) is 0 Å². The lowest BCUT2D eigenvalue weighted by molar-refractivity contribution is 0.481. The Balaban J connectivity index is 1.37. The molecule has 0 saturated carbocycles. The number of pyridine rings is 1. The monoisotopic (exact) mass is 632 g/mol. The molecular weight excluding hydrogens is 589 g/mol. The molecule has 5 heteroatoms. The van der Waals surface area contributed by atoms with E-state index in [1.54, 1.807) is 0 Å². The first-order valence-corrected chi connectivity index (χ1v) is 17.1. The third-order valence-electron chi connectivity index (χ3n) is 9.49. The molecule has 3 aromatic heterocycles. The summed E-state index contributed by atoms with van der Waals surface area (Å²) in [5.41, 5.74) is 14.4. The van der Waals surface area contributed by atoms with E-state index in [4.69, 9.17) is 14.8 Å². The lowest BCUT2D eigenvalue weighted by atomic mass is 9.91. The van der Waals surface area contributed by atoms with Crippen molar-refractivity contribution in [2.75, 3.05) is 0 Å². The minimum Gasteiger partial charge on any atom is -0.457 e. The first kappa shape index (κ1) is 31.4. The number of aryl methyl sites for hydroxylation is 5. The maximum absolute atomic E-state index is 6.75. The summed E-state index contributed by atoms with van der Waals surface area (Å²) >= 11 is 0. The van der Waals surface area contributed by atoms with E-state index in [1.807, 2.05) is 12.3 Å². The Morgan fingerprint density at radius 3 is 2.15 bits per heavy atom. The molecule has 0 amide bonds. The van der Waals surface area contributed by atoms with Crippen LogP contribution in [0, 0.1) is 27.7 Å². The van der Waals surface area contributed by atoms with Crippen LogP contribution in [0.15, 0.2) is 91.1 Å². The molecule has 0 radical (unpaired) electrons. The van der Waals surface area contributed by atoms with Crippen molar-refractivity contribution in [1.82, 2.24) is 19.3 Å². The second kappa shape index (κ2) is 12.5. The lowest BCUT2D eigenvalue weighted by Crippen LogP contribution is -2.04. The van der Waals surface area contributed by atoms with Gasteiger partial charge < -0.3 is 4.74 Å². The van der Waals surface area contributed by atoms with Gasteiger partial charge in [-0.05, 0) is 117 Å². The molecule has 0 fully saturated rings. The molecule has 5 nitrogen and oxygen atoms in total. The zero-order valence-electron chi connectivity index (χ0n) is 29.3. The van der Waals surface area contributed by atoms with Crippen molar-refractivity contribution >= 4 is 21.8 Å². The topological polar surface area (TPSA) is 44.9 Å². The molecule has 7 aromatic rings. The van der Waals surface area contributed by atoms with Crippen LogP contribution in [0.25, 0.3) is 44.4 Å². The molecule has 0 bridgehead atoms. The molecule has 242 valence electrons. The van der Waals surface area contributed by atoms with E-state index in [-0.39, 0.29) is 0 Å². The minimum atomic E-state index is 0.317. The predicted octanol–water partition coefficient (Wildman–Crippen LogP) is 11.3. The fourth-order valence-electron chi connectivity index (χ4n) is 7.31. The Bertz CT molecular complexity index is 2300. The smallest absolute Gasteiger partial charge is 0.137 e. The number of hydrogen-bond acceptors (Lipinski definition) is 3. The highest BCUT2D eigenvalue weighted by Gasteiger charge is 2.22. The average Bonchev–Trinajstić information content (AvgIpc) is 3.59.